The molecule has 4 heteroatoms. The van der Waals surface area contributed by atoms with Crippen LogP contribution in [0.4, 0.5) is 0 Å². The normalized spacial score (nSPS) is 16.6. The number of carbonyl (C=O) groups excluding carboxylic acids is 1. The molecular formula is C13H17NO2S. The van der Waals surface area contributed by atoms with Gasteiger partial charge in [0.25, 0.3) is 5.91 Å². The number of amides is 1. The van der Waals surface area contributed by atoms with Crippen molar-refractivity contribution >= 4 is 17.7 Å². The van der Waals surface area contributed by atoms with E-state index >= 15 is 0 Å². The number of hydrogen-bond acceptors (Lipinski definition) is 3. The fourth-order valence-electron chi connectivity index (χ4n) is 1.69. The number of nitrogens with one attached hydrogen (secondary N) is 1. The first-order chi connectivity index (χ1) is 8.20. The number of thioether (sulfide) groups is 1. The summed E-state index contributed by atoms with van der Waals surface area (Å²) in [5.41, 5.74) is 0.644. The van der Waals surface area contributed by atoms with Crippen LogP contribution in [0.5, 0.6) is 0 Å². The summed E-state index contributed by atoms with van der Waals surface area (Å²) in [5.74, 6) is 0.284. The number of rotatable bonds is 5. The zero-order valence-corrected chi connectivity index (χ0v) is 10.7. The fourth-order valence-corrected chi connectivity index (χ4v) is 2.10. The lowest BCUT2D eigenvalue weighted by atomic mass is 10.2. The van der Waals surface area contributed by atoms with E-state index in [2.05, 4.69) is 5.32 Å². The second-order valence-corrected chi connectivity index (χ2v) is 5.22. The molecule has 17 heavy (non-hydrogen) atoms. The molecular weight excluding hydrogens is 234 g/mol. The van der Waals surface area contributed by atoms with Gasteiger partial charge >= 0.3 is 0 Å². The third-order valence-corrected chi connectivity index (χ3v) is 3.73. The summed E-state index contributed by atoms with van der Waals surface area (Å²) in [4.78, 5) is 12.9. The van der Waals surface area contributed by atoms with Gasteiger partial charge in [0, 0.05) is 17.0 Å². The Balaban J connectivity index is 1.85. The van der Waals surface area contributed by atoms with Gasteiger partial charge in [-0.3, -0.25) is 4.79 Å². The Hall–Kier alpha value is -1.00. The molecule has 0 spiro atoms. The monoisotopic (exact) mass is 251 g/mol. The molecule has 1 amide bonds. The number of hydrogen-bond donors (Lipinski definition) is 2. The maximum Gasteiger partial charge on any atom is 0.251 e. The smallest absolute Gasteiger partial charge is 0.251 e. The minimum absolute atomic E-state index is 0.114. The molecule has 1 unspecified atom stereocenters. The first-order valence-corrected chi connectivity index (χ1v) is 7.03. The van der Waals surface area contributed by atoms with E-state index in [1.807, 2.05) is 30.5 Å². The van der Waals surface area contributed by atoms with Gasteiger partial charge < -0.3 is 10.4 Å². The molecule has 0 aliphatic heterocycles. The molecule has 0 heterocycles. The predicted octanol–water partition coefficient (Wildman–Crippen LogP) is 1.91. The van der Waals surface area contributed by atoms with Crippen LogP contribution in [0, 0.1) is 5.92 Å². The van der Waals surface area contributed by atoms with Gasteiger partial charge in [-0.05, 0) is 49.3 Å². The summed E-state index contributed by atoms with van der Waals surface area (Å²) < 4.78 is 0. The van der Waals surface area contributed by atoms with Crippen molar-refractivity contribution in [2.24, 2.45) is 5.92 Å². The molecule has 1 aliphatic carbocycles. The molecule has 0 aromatic heterocycles. The molecule has 3 nitrogen and oxygen atoms in total. The summed E-state index contributed by atoms with van der Waals surface area (Å²) >= 11 is 1.65. The van der Waals surface area contributed by atoms with Crippen molar-refractivity contribution in [3.05, 3.63) is 29.8 Å². The second kappa shape index (κ2) is 5.56. The van der Waals surface area contributed by atoms with Crippen LogP contribution in [-0.4, -0.2) is 29.9 Å². The van der Waals surface area contributed by atoms with Crippen molar-refractivity contribution < 1.29 is 9.90 Å². The van der Waals surface area contributed by atoms with Crippen LogP contribution < -0.4 is 5.32 Å². The van der Waals surface area contributed by atoms with Crippen LogP contribution in [0.25, 0.3) is 0 Å². The van der Waals surface area contributed by atoms with Gasteiger partial charge in [-0.15, -0.1) is 11.8 Å². The maximum absolute atomic E-state index is 11.8. The van der Waals surface area contributed by atoms with Crippen LogP contribution >= 0.6 is 11.8 Å². The highest BCUT2D eigenvalue weighted by Gasteiger charge is 2.29. The largest absolute Gasteiger partial charge is 0.391 e. The molecule has 0 radical (unpaired) electrons. The molecule has 1 fully saturated rings. The van der Waals surface area contributed by atoms with Crippen molar-refractivity contribution in [1.82, 2.24) is 5.32 Å². The average Bonchev–Trinajstić information content (AvgIpc) is 3.20. The Labute approximate surface area is 106 Å². The number of benzene rings is 1. The summed E-state index contributed by atoms with van der Waals surface area (Å²) in [6.45, 7) is 0.355. The molecule has 92 valence electrons. The van der Waals surface area contributed by atoms with E-state index in [0.29, 0.717) is 18.0 Å². The number of aliphatic hydroxyl groups is 1. The summed E-state index contributed by atoms with van der Waals surface area (Å²) in [6.07, 6.45) is 3.78. The number of aliphatic hydroxyl groups excluding tert-OH is 1. The van der Waals surface area contributed by atoms with Gasteiger partial charge in [0.15, 0.2) is 0 Å². The third-order valence-electron chi connectivity index (χ3n) is 2.99. The molecule has 1 atom stereocenters. The Morgan fingerprint density at radius 3 is 2.65 bits per heavy atom. The molecule has 0 bridgehead atoms. The van der Waals surface area contributed by atoms with Crippen molar-refractivity contribution in [1.29, 1.82) is 0 Å². The van der Waals surface area contributed by atoms with E-state index in [0.717, 1.165) is 17.7 Å². The topological polar surface area (TPSA) is 49.3 Å². The Kier molecular flexibility index (Phi) is 4.07. The molecule has 1 aromatic rings. The summed E-state index contributed by atoms with van der Waals surface area (Å²) in [5, 5.41) is 12.4. The molecule has 2 rings (SSSR count). The van der Waals surface area contributed by atoms with E-state index in [4.69, 9.17) is 0 Å². The lowest BCUT2D eigenvalue weighted by Crippen LogP contribution is -2.33. The van der Waals surface area contributed by atoms with E-state index in [9.17, 15) is 9.90 Å². The first-order valence-electron chi connectivity index (χ1n) is 5.81. The number of carbonyl (C=O) groups is 1. The van der Waals surface area contributed by atoms with E-state index in [-0.39, 0.29) is 12.0 Å². The maximum atomic E-state index is 11.8. The molecule has 1 saturated carbocycles. The van der Waals surface area contributed by atoms with Gasteiger partial charge in [0.2, 0.25) is 0 Å². The summed E-state index contributed by atoms with van der Waals surface area (Å²) in [6, 6.07) is 7.48. The van der Waals surface area contributed by atoms with Crippen molar-refractivity contribution in [3.63, 3.8) is 0 Å². The van der Waals surface area contributed by atoms with Crippen LogP contribution in [-0.2, 0) is 0 Å². The zero-order chi connectivity index (χ0) is 12.3. The minimum Gasteiger partial charge on any atom is -0.391 e. The van der Waals surface area contributed by atoms with Crippen LogP contribution in [0.15, 0.2) is 29.2 Å². The predicted molar refractivity (Wildman–Crippen MR) is 69.3 cm³/mol. The van der Waals surface area contributed by atoms with Crippen LogP contribution in [0.2, 0.25) is 0 Å². The standard InChI is InChI=1S/C13H17NO2S/c1-17-11-6-4-10(5-7-11)13(16)14-8-12(15)9-2-3-9/h4-7,9,12,15H,2-3,8H2,1H3,(H,14,16). The lowest BCUT2D eigenvalue weighted by molar-refractivity contribution is 0.0901. The molecule has 1 aromatic carbocycles. The van der Waals surface area contributed by atoms with Crippen LogP contribution in [0.1, 0.15) is 23.2 Å². The quantitative estimate of drug-likeness (QED) is 0.786. The van der Waals surface area contributed by atoms with Gasteiger partial charge in [-0.2, -0.15) is 0 Å². The van der Waals surface area contributed by atoms with Crippen molar-refractivity contribution in [3.8, 4) is 0 Å². The molecule has 0 saturated heterocycles. The van der Waals surface area contributed by atoms with Crippen LogP contribution in [0.3, 0.4) is 0 Å². The first kappa shape index (κ1) is 12.5. The average molecular weight is 251 g/mol. The summed E-state index contributed by atoms with van der Waals surface area (Å²) in [7, 11) is 0. The van der Waals surface area contributed by atoms with E-state index < -0.39 is 0 Å². The Bertz CT molecular complexity index is 387. The van der Waals surface area contributed by atoms with Gasteiger partial charge in [-0.25, -0.2) is 0 Å². The highest BCUT2D eigenvalue weighted by atomic mass is 32.2. The second-order valence-electron chi connectivity index (χ2n) is 4.34. The molecule has 1 aliphatic rings. The Morgan fingerprint density at radius 2 is 2.12 bits per heavy atom. The van der Waals surface area contributed by atoms with E-state index in [1.54, 1.807) is 11.8 Å². The van der Waals surface area contributed by atoms with Crippen molar-refractivity contribution in [2.45, 2.75) is 23.8 Å². The Morgan fingerprint density at radius 1 is 1.47 bits per heavy atom. The SMILES string of the molecule is CSc1ccc(C(=O)NCC(O)C2CC2)cc1. The lowest BCUT2D eigenvalue weighted by Gasteiger charge is -2.10. The van der Waals surface area contributed by atoms with Gasteiger partial charge in [0.05, 0.1) is 6.10 Å². The fraction of sp³-hybridized carbons (Fsp3) is 0.462. The van der Waals surface area contributed by atoms with Gasteiger partial charge in [0.1, 0.15) is 0 Å². The zero-order valence-electron chi connectivity index (χ0n) is 9.85. The van der Waals surface area contributed by atoms with E-state index in [1.165, 1.54) is 0 Å². The van der Waals surface area contributed by atoms with Crippen molar-refractivity contribution in [2.75, 3.05) is 12.8 Å². The minimum atomic E-state index is -0.385. The molecule has 2 N–H and O–H groups in total. The van der Waals surface area contributed by atoms with Gasteiger partial charge in [-0.1, -0.05) is 0 Å². The highest BCUT2D eigenvalue weighted by molar-refractivity contribution is 7.98. The third kappa shape index (κ3) is 3.48. The highest BCUT2D eigenvalue weighted by Crippen LogP contribution is 2.32.